The van der Waals surface area contributed by atoms with Crippen molar-refractivity contribution in [1.29, 1.82) is 0 Å². The molecule has 0 bridgehead atoms. The van der Waals surface area contributed by atoms with E-state index >= 15 is 0 Å². The number of hydrogen-bond acceptors (Lipinski definition) is 5. The van der Waals surface area contributed by atoms with E-state index in [4.69, 9.17) is 4.74 Å². The molecule has 0 aliphatic heterocycles. The van der Waals surface area contributed by atoms with Crippen LogP contribution in [0, 0.1) is 10.1 Å². The zero-order chi connectivity index (χ0) is 22.3. The largest absolute Gasteiger partial charge is 0.489 e. The highest BCUT2D eigenvalue weighted by Gasteiger charge is 2.08. The SMILES string of the molecule is O=C(NN=Cc1cccc(OCc2cccc3ccccc23)c1)c1ccc([N+](=O)[O-])cc1. The number of amides is 1. The lowest BCUT2D eigenvalue weighted by atomic mass is 10.1. The fourth-order valence-electron chi connectivity index (χ4n) is 3.23. The van der Waals surface area contributed by atoms with Crippen molar-refractivity contribution in [1.82, 2.24) is 5.43 Å². The monoisotopic (exact) mass is 425 g/mol. The van der Waals surface area contributed by atoms with E-state index in [2.05, 4.69) is 28.7 Å². The maximum atomic E-state index is 12.1. The standard InChI is InChI=1S/C25H19N3O4/c29-25(20-11-13-22(14-12-20)28(30)31)27-26-16-18-5-3-9-23(15-18)32-17-21-8-4-7-19-6-1-2-10-24(19)21/h1-16H,17H2,(H,27,29). The second-order valence-corrected chi connectivity index (χ2v) is 7.00. The maximum Gasteiger partial charge on any atom is 0.271 e. The molecular weight excluding hydrogens is 406 g/mol. The van der Waals surface area contributed by atoms with Crippen LogP contribution < -0.4 is 10.2 Å². The Bertz CT molecular complexity index is 1290. The Hall–Kier alpha value is -4.52. The molecule has 0 saturated heterocycles. The van der Waals surface area contributed by atoms with Gasteiger partial charge in [-0.3, -0.25) is 14.9 Å². The number of ether oxygens (including phenoxy) is 1. The van der Waals surface area contributed by atoms with Gasteiger partial charge in [-0.15, -0.1) is 0 Å². The number of nitro groups is 1. The summed E-state index contributed by atoms with van der Waals surface area (Å²) in [5.74, 6) is 0.225. The molecular formula is C25H19N3O4. The second-order valence-electron chi connectivity index (χ2n) is 7.00. The zero-order valence-electron chi connectivity index (χ0n) is 17.0. The molecule has 4 aromatic carbocycles. The van der Waals surface area contributed by atoms with Gasteiger partial charge in [-0.1, -0.05) is 54.6 Å². The van der Waals surface area contributed by atoms with Crippen LogP contribution in [-0.4, -0.2) is 17.0 Å². The summed E-state index contributed by atoms with van der Waals surface area (Å²) in [6.07, 6.45) is 1.51. The molecule has 0 saturated carbocycles. The first-order valence-electron chi connectivity index (χ1n) is 9.87. The quantitative estimate of drug-likeness (QED) is 0.253. The highest BCUT2D eigenvalue weighted by Crippen LogP contribution is 2.21. The summed E-state index contributed by atoms with van der Waals surface area (Å²) in [4.78, 5) is 22.3. The van der Waals surface area contributed by atoms with Gasteiger partial charge in [-0.25, -0.2) is 5.43 Å². The summed E-state index contributed by atoms with van der Waals surface area (Å²) in [7, 11) is 0. The number of carbonyl (C=O) groups excluding carboxylic acids is 1. The molecule has 32 heavy (non-hydrogen) atoms. The van der Waals surface area contributed by atoms with E-state index in [1.807, 2.05) is 48.5 Å². The predicted octanol–water partition coefficient (Wildman–Crippen LogP) is 5.09. The lowest BCUT2D eigenvalue weighted by Crippen LogP contribution is -2.17. The van der Waals surface area contributed by atoms with Gasteiger partial charge in [0.1, 0.15) is 12.4 Å². The van der Waals surface area contributed by atoms with Crippen molar-refractivity contribution in [2.24, 2.45) is 5.10 Å². The molecule has 0 aliphatic rings. The average Bonchev–Trinajstić information content (AvgIpc) is 2.83. The van der Waals surface area contributed by atoms with Crippen molar-refractivity contribution in [3.8, 4) is 5.75 Å². The van der Waals surface area contributed by atoms with E-state index < -0.39 is 10.8 Å². The van der Waals surface area contributed by atoms with Gasteiger partial charge >= 0.3 is 0 Å². The number of nitro benzene ring substituents is 1. The van der Waals surface area contributed by atoms with Crippen molar-refractivity contribution in [2.45, 2.75) is 6.61 Å². The van der Waals surface area contributed by atoms with Gasteiger partial charge in [0.15, 0.2) is 0 Å². The predicted molar refractivity (Wildman–Crippen MR) is 123 cm³/mol. The number of hydrazone groups is 1. The van der Waals surface area contributed by atoms with Gasteiger partial charge in [-0.2, -0.15) is 5.10 Å². The lowest BCUT2D eigenvalue weighted by Gasteiger charge is -2.09. The number of carbonyl (C=O) groups is 1. The molecule has 1 N–H and O–H groups in total. The Labute approximate surface area is 184 Å². The van der Waals surface area contributed by atoms with Crippen LogP contribution in [0.25, 0.3) is 10.8 Å². The molecule has 0 radical (unpaired) electrons. The molecule has 0 fully saturated rings. The van der Waals surface area contributed by atoms with Crippen molar-refractivity contribution in [3.05, 3.63) is 118 Å². The molecule has 1 amide bonds. The van der Waals surface area contributed by atoms with Crippen LogP contribution in [0.4, 0.5) is 5.69 Å². The van der Waals surface area contributed by atoms with Crippen molar-refractivity contribution >= 4 is 28.6 Å². The van der Waals surface area contributed by atoms with Crippen molar-refractivity contribution in [3.63, 3.8) is 0 Å². The van der Waals surface area contributed by atoms with Gasteiger partial charge in [0, 0.05) is 17.7 Å². The summed E-state index contributed by atoms with van der Waals surface area (Å²) in [6, 6.07) is 27.0. The van der Waals surface area contributed by atoms with Gasteiger partial charge in [0.25, 0.3) is 11.6 Å². The van der Waals surface area contributed by atoms with E-state index in [1.165, 1.54) is 35.9 Å². The molecule has 0 heterocycles. The van der Waals surface area contributed by atoms with Crippen LogP contribution in [0.1, 0.15) is 21.5 Å². The first-order valence-corrected chi connectivity index (χ1v) is 9.87. The minimum Gasteiger partial charge on any atom is -0.489 e. The lowest BCUT2D eigenvalue weighted by molar-refractivity contribution is -0.384. The van der Waals surface area contributed by atoms with Gasteiger partial charge in [0.05, 0.1) is 11.1 Å². The Balaban J connectivity index is 1.37. The van der Waals surface area contributed by atoms with E-state index in [0.717, 1.165) is 16.5 Å². The van der Waals surface area contributed by atoms with Crippen molar-refractivity contribution < 1.29 is 14.5 Å². The number of nitrogens with zero attached hydrogens (tertiary/aromatic N) is 2. The molecule has 4 aromatic rings. The van der Waals surface area contributed by atoms with Crippen LogP contribution in [0.3, 0.4) is 0 Å². The molecule has 0 spiro atoms. The van der Waals surface area contributed by atoms with E-state index in [-0.39, 0.29) is 11.3 Å². The number of non-ortho nitro benzene ring substituents is 1. The van der Waals surface area contributed by atoms with Gasteiger partial charge in [0.2, 0.25) is 0 Å². The Morgan fingerprint density at radius 2 is 1.72 bits per heavy atom. The maximum absolute atomic E-state index is 12.1. The number of benzene rings is 4. The summed E-state index contributed by atoms with van der Waals surface area (Å²) >= 11 is 0. The first-order chi connectivity index (χ1) is 15.6. The number of fused-ring (bicyclic) bond motifs is 1. The molecule has 4 rings (SSSR count). The van der Waals surface area contributed by atoms with E-state index in [1.54, 1.807) is 0 Å². The minimum absolute atomic E-state index is 0.0784. The number of rotatable bonds is 7. The number of hydrogen-bond donors (Lipinski definition) is 1. The van der Waals surface area contributed by atoms with E-state index in [9.17, 15) is 14.9 Å². The molecule has 0 atom stereocenters. The Kier molecular flexibility index (Phi) is 6.17. The third-order valence-corrected chi connectivity index (χ3v) is 4.85. The van der Waals surface area contributed by atoms with Crippen LogP contribution >= 0.6 is 0 Å². The Morgan fingerprint density at radius 1 is 0.969 bits per heavy atom. The number of nitrogens with one attached hydrogen (secondary N) is 1. The van der Waals surface area contributed by atoms with Crippen LogP contribution in [-0.2, 0) is 6.61 Å². The fourth-order valence-corrected chi connectivity index (χ4v) is 3.23. The molecule has 0 unspecified atom stereocenters. The average molecular weight is 425 g/mol. The Morgan fingerprint density at radius 3 is 2.53 bits per heavy atom. The van der Waals surface area contributed by atoms with E-state index in [0.29, 0.717) is 12.4 Å². The third-order valence-electron chi connectivity index (χ3n) is 4.85. The molecule has 7 nitrogen and oxygen atoms in total. The summed E-state index contributed by atoms with van der Waals surface area (Å²) in [6.45, 7) is 0.429. The van der Waals surface area contributed by atoms with Crippen LogP contribution in [0.5, 0.6) is 5.75 Å². The molecule has 0 aliphatic carbocycles. The summed E-state index contributed by atoms with van der Waals surface area (Å²) in [5.41, 5.74) is 4.46. The first kappa shape index (κ1) is 20.7. The molecule has 0 aromatic heterocycles. The van der Waals surface area contributed by atoms with Gasteiger partial charge < -0.3 is 4.74 Å². The minimum atomic E-state index is -0.519. The van der Waals surface area contributed by atoms with Crippen molar-refractivity contribution in [2.75, 3.05) is 0 Å². The molecule has 158 valence electrons. The zero-order valence-corrected chi connectivity index (χ0v) is 17.0. The highest BCUT2D eigenvalue weighted by molar-refractivity contribution is 5.95. The third kappa shape index (κ3) is 4.96. The topological polar surface area (TPSA) is 93.8 Å². The van der Waals surface area contributed by atoms with Gasteiger partial charge in [-0.05, 0) is 46.2 Å². The fraction of sp³-hybridized carbons (Fsp3) is 0.0400. The van der Waals surface area contributed by atoms with Crippen LogP contribution in [0.15, 0.2) is 96.1 Å². The molecule has 7 heteroatoms. The van der Waals surface area contributed by atoms with Crippen LogP contribution in [0.2, 0.25) is 0 Å². The summed E-state index contributed by atoms with van der Waals surface area (Å²) in [5, 5.41) is 17.0. The summed E-state index contributed by atoms with van der Waals surface area (Å²) < 4.78 is 5.96. The second kappa shape index (κ2) is 9.53. The normalized spacial score (nSPS) is 10.9. The highest BCUT2D eigenvalue weighted by atomic mass is 16.6. The smallest absolute Gasteiger partial charge is 0.271 e.